The van der Waals surface area contributed by atoms with Crippen molar-refractivity contribution in [2.75, 3.05) is 6.61 Å². The molecule has 1 heterocycles. The molecule has 3 aromatic rings. The van der Waals surface area contributed by atoms with E-state index in [9.17, 15) is 4.79 Å². The molecular formula is C22H21NO2. The van der Waals surface area contributed by atoms with Crippen molar-refractivity contribution in [1.29, 1.82) is 0 Å². The molecule has 0 radical (unpaired) electrons. The molecule has 3 heteroatoms. The number of fused-ring (bicyclic) bond motifs is 3. The first-order valence-electron chi connectivity index (χ1n) is 8.49. The van der Waals surface area contributed by atoms with Crippen molar-refractivity contribution in [2.45, 2.75) is 19.8 Å². The van der Waals surface area contributed by atoms with E-state index in [1.807, 2.05) is 12.1 Å². The van der Waals surface area contributed by atoms with Crippen LogP contribution >= 0.6 is 0 Å². The van der Waals surface area contributed by atoms with Crippen molar-refractivity contribution in [3.05, 3.63) is 89.7 Å². The molecule has 0 saturated carbocycles. The van der Waals surface area contributed by atoms with Crippen LogP contribution in [0, 0.1) is 0 Å². The standard InChI is InChI=1S/C13H10.C9H11NO2/c1-3-7-12-10(5-1)9-11-6-2-4-8-13(11)12;1-2-12-9(11)7-8-5-3-4-6-10-8/h1-8H,9H2;3-6H,2,7H2,1H3. The summed E-state index contributed by atoms with van der Waals surface area (Å²) in [4.78, 5) is 15.0. The first kappa shape index (κ1) is 16.9. The number of rotatable bonds is 3. The van der Waals surface area contributed by atoms with E-state index >= 15 is 0 Å². The maximum atomic E-state index is 11.0. The summed E-state index contributed by atoms with van der Waals surface area (Å²) in [5, 5.41) is 0. The second kappa shape index (κ2) is 8.25. The monoisotopic (exact) mass is 331 g/mol. The van der Waals surface area contributed by atoms with Crippen LogP contribution in [0.2, 0.25) is 0 Å². The highest BCUT2D eigenvalue weighted by atomic mass is 16.5. The van der Waals surface area contributed by atoms with Crippen LogP contribution in [0.4, 0.5) is 0 Å². The highest BCUT2D eigenvalue weighted by Crippen LogP contribution is 2.35. The molecule has 4 rings (SSSR count). The number of carbonyl (C=O) groups excluding carboxylic acids is 1. The highest BCUT2D eigenvalue weighted by molar-refractivity contribution is 5.76. The zero-order valence-electron chi connectivity index (χ0n) is 14.3. The van der Waals surface area contributed by atoms with Gasteiger partial charge < -0.3 is 4.74 Å². The van der Waals surface area contributed by atoms with Gasteiger partial charge in [0.25, 0.3) is 0 Å². The normalized spacial score (nSPS) is 10.9. The maximum Gasteiger partial charge on any atom is 0.311 e. The topological polar surface area (TPSA) is 39.2 Å². The van der Waals surface area contributed by atoms with Crippen LogP contribution in [-0.2, 0) is 22.4 Å². The van der Waals surface area contributed by atoms with Crippen molar-refractivity contribution >= 4 is 5.97 Å². The van der Waals surface area contributed by atoms with E-state index in [1.165, 1.54) is 22.3 Å². The third-order valence-electron chi connectivity index (χ3n) is 4.06. The average Bonchev–Trinajstić information content (AvgIpc) is 3.02. The molecule has 0 spiro atoms. The van der Waals surface area contributed by atoms with E-state index < -0.39 is 0 Å². The molecule has 0 amide bonds. The lowest BCUT2D eigenvalue weighted by atomic mass is 10.1. The molecule has 0 atom stereocenters. The zero-order chi connectivity index (χ0) is 17.5. The van der Waals surface area contributed by atoms with Crippen LogP contribution in [-0.4, -0.2) is 17.6 Å². The minimum Gasteiger partial charge on any atom is -0.466 e. The van der Waals surface area contributed by atoms with Crippen LogP contribution in [0.3, 0.4) is 0 Å². The van der Waals surface area contributed by atoms with Gasteiger partial charge in [0, 0.05) is 6.20 Å². The van der Waals surface area contributed by atoms with Gasteiger partial charge in [-0.15, -0.1) is 0 Å². The van der Waals surface area contributed by atoms with Gasteiger partial charge in [0.05, 0.1) is 18.7 Å². The summed E-state index contributed by atoms with van der Waals surface area (Å²) in [6, 6.07) is 22.8. The Morgan fingerprint density at radius 1 is 0.920 bits per heavy atom. The van der Waals surface area contributed by atoms with Crippen molar-refractivity contribution in [1.82, 2.24) is 4.98 Å². The molecule has 0 unspecified atom stereocenters. The molecule has 1 aromatic heterocycles. The van der Waals surface area contributed by atoms with Gasteiger partial charge >= 0.3 is 5.97 Å². The number of hydrogen-bond donors (Lipinski definition) is 0. The van der Waals surface area contributed by atoms with Crippen LogP contribution in [0.1, 0.15) is 23.7 Å². The molecule has 25 heavy (non-hydrogen) atoms. The summed E-state index contributed by atoms with van der Waals surface area (Å²) in [5.41, 5.74) is 6.50. The van der Waals surface area contributed by atoms with Crippen molar-refractivity contribution in [2.24, 2.45) is 0 Å². The van der Waals surface area contributed by atoms with Crippen LogP contribution in [0.25, 0.3) is 11.1 Å². The van der Waals surface area contributed by atoms with E-state index in [-0.39, 0.29) is 12.4 Å². The summed E-state index contributed by atoms with van der Waals surface area (Å²) >= 11 is 0. The van der Waals surface area contributed by atoms with E-state index in [0.29, 0.717) is 6.61 Å². The molecule has 1 aliphatic carbocycles. The second-order valence-corrected chi connectivity index (χ2v) is 5.79. The van der Waals surface area contributed by atoms with Gasteiger partial charge in [-0.3, -0.25) is 9.78 Å². The Balaban J connectivity index is 0.000000147. The Morgan fingerprint density at radius 3 is 2.08 bits per heavy atom. The molecule has 1 aliphatic rings. The second-order valence-electron chi connectivity index (χ2n) is 5.79. The molecule has 0 bridgehead atoms. The zero-order valence-corrected chi connectivity index (χ0v) is 14.3. The summed E-state index contributed by atoms with van der Waals surface area (Å²) in [7, 11) is 0. The molecule has 126 valence electrons. The van der Waals surface area contributed by atoms with Gasteiger partial charge in [-0.25, -0.2) is 0 Å². The van der Waals surface area contributed by atoms with Crippen molar-refractivity contribution in [3.63, 3.8) is 0 Å². The minimum absolute atomic E-state index is 0.226. The van der Waals surface area contributed by atoms with E-state index in [4.69, 9.17) is 4.74 Å². The summed E-state index contributed by atoms with van der Waals surface area (Å²) in [5.74, 6) is -0.226. The lowest BCUT2D eigenvalue weighted by Gasteiger charge is -1.99. The SMILES string of the molecule is CCOC(=O)Cc1ccccn1.c1ccc2c(c1)Cc1ccccc1-2. The number of pyridine rings is 1. The largest absolute Gasteiger partial charge is 0.466 e. The Bertz CT molecular complexity index is 800. The number of aromatic nitrogens is 1. The molecule has 0 fully saturated rings. The number of esters is 1. The smallest absolute Gasteiger partial charge is 0.311 e. The maximum absolute atomic E-state index is 11.0. The third kappa shape index (κ3) is 4.32. The Labute approximate surface area is 148 Å². The third-order valence-corrected chi connectivity index (χ3v) is 4.06. The van der Waals surface area contributed by atoms with Crippen LogP contribution < -0.4 is 0 Å². The fourth-order valence-electron chi connectivity index (χ4n) is 2.94. The van der Waals surface area contributed by atoms with E-state index in [2.05, 4.69) is 53.5 Å². The fourth-order valence-corrected chi connectivity index (χ4v) is 2.94. The molecule has 3 nitrogen and oxygen atoms in total. The van der Waals surface area contributed by atoms with Gasteiger partial charge in [-0.05, 0) is 47.7 Å². The van der Waals surface area contributed by atoms with Gasteiger partial charge in [-0.1, -0.05) is 54.6 Å². The summed E-state index contributed by atoms with van der Waals surface area (Å²) in [6.07, 6.45) is 3.02. The summed E-state index contributed by atoms with van der Waals surface area (Å²) in [6.45, 7) is 2.21. The number of carbonyl (C=O) groups is 1. The first-order chi connectivity index (χ1) is 12.3. The van der Waals surface area contributed by atoms with Crippen LogP contribution in [0.5, 0.6) is 0 Å². The van der Waals surface area contributed by atoms with Gasteiger partial charge in [0.1, 0.15) is 0 Å². The summed E-state index contributed by atoms with van der Waals surface area (Å²) < 4.78 is 4.77. The lowest BCUT2D eigenvalue weighted by Crippen LogP contribution is -2.08. The quantitative estimate of drug-likeness (QED) is 0.521. The molecule has 0 saturated heterocycles. The Kier molecular flexibility index (Phi) is 5.57. The Hall–Kier alpha value is -2.94. The predicted octanol–water partition coefficient (Wildman–Crippen LogP) is 4.45. The highest BCUT2D eigenvalue weighted by Gasteiger charge is 2.15. The number of benzene rings is 2. The van der Waals surface area contributed by atoms with Crippen molar-refractivity contribution < 1.29 is 9.53 Å². The molecule has 2 aromatic carbocycles. The molecular weight excluding hydrogens is 310 g/mol. The van der Waals surface area contributed by atoms with E-state index in [0.717, 1.165) is 12.1 Å². The van der Waals surface area contributed by atoms with Crippen molar-refractivity contribution in [3.8, 4) is 11.1 Å². The van der Waals surface area contributed by atoms with E-state index in [1.54, 1.807) is 19.2 Å². The minimum atomic E-state index is -0.226. The fraction of sp³-hybridized carbons (Fsp3) is 0.182. The molecule has 0 N–H and O–H groups in total. The van der Waals surface area contributed by atoms with Crippen LogP contribution in [0.15, 0.2) is 72.9 Å². The number of hydrogen-bond acceptors (Lipinski definition) is 3. The number of ether oxygens (including phenoxy) is 1. The van der Waals surface area contributed by atoms with Gasteiger partial charge in [0.15, 0.2) is 0 Å². The Morgan fingerprint density at radius 2 is 1.52 bits per heavy atom. The first-order valence-corrected chi connectivity index (χ1v) is 8.49. The molecule has 0 aliphatic heterocycles. The lowest BCUT2D eigenvalue weighted by molar-refractivity contribution is -0.142. The number of nitrogens with zero attached hydrogens (tertiary/aromatic N) is 1. The average molecular weight is 331 g/mol. The van der Waals surface area contributed by atoms with Gasteiger partial charge in [0.2, 0.25) is 0 Å². The van der Waals surface area contributed by atoms with Gasteiger partial charge in [-0.2, -0.15) is 0 Å². The predicted molar refractivity (Wildman–Crippen MR) is 99.3 cm³/mol.